The van der Waals surface area contributed by atoms with Crippen LogP contribution in [-0.2, 0) is 0 Å². The summed E-state index contributed by atoms with van der Waals surface area (Å²) >= 11 is 6.09. The number of halogens is 1. The maximum atomic E-state index is 6.09. The Labute approximate surface area is 180 Å². The summed E-state index contributed by atoms with van der Waals surface area (Å²) < 4.78 is 5.67. The van der Waals surface area contributed by atoms with Gasteiger partial charge in [-0.05, 0) is 66.4 Å². The second kappa shape index (κ2) is 8.51. The van der Waals surface area contributed by atoms with Gasteiger partial charge in [0, 0.05) is 23.8 Å². The molecule has 2 aromatic carbocycles. The van der Waals surface area contributed by atoms with Gasteiger partial charge in [0.1, 0.15) is 5.82 Å². The van der Waals surface area contributed by atoms with Gasteiger partial charge in [-0.2, -0.15) is 4.98 Å². The molecule has 150 valence electrons. The molecule has 0 aliphatic rings. The summed E-state index contributed by atoms with van der Waals surface area (Å²) in [5.41, 5.74) is 6.06. The first kappa shape index (κ1) is 19.9. The van der Waals surface area contributed by atoms with Crippen molar-refractivity contribution in [3.8, 4) is 11.4 Å². The van der Waals surface area contributed by atoms with Crippen LogP contribution in [0.5, 0.6) is 0 Å². The lowest BCUT2D eigenvalue weighted by molar-refractivity contribution is 0.409. The highest BCUT2D eigenvalue weighted by molar-refractivity contribution is 6.30. The molecule has 0 atom stereocenters. The molecule has 1 N–H and O–H groups in total. The highest BCUT2D eigenvalue weighted by Crippen LogP contribution is 2.30. The standard InChI is InChI=1S/C24H21ClN4O/c1-15-6-7-17(13-16(15)2)14-21(18-8-10-19(25)11-9-18)24-28-23(29-30-24)20-5-4-12-27-22(20)26-3/h4-14H,1-3H3,(H,26,27)/b21-14+. The van der Waals surface area contributed by atoms with Crippen LogP contribution in [0.1, 0.15) is 28.1 Å². The van der Waals surface area contributed by atoms with Gasteiger partial charge in [0.25, 0.3) is 5.89 Å². The predicted molar refractivity (Wildman–Crippen MR) is 121 cm³/mol. The number of nitrogens with one attached hydrogen (secondary N) is 1. The van der Waals surface area contributed by atoms with E-state index < -0.39 is 0 Å². The molecule has 0 aliphatic carbocycles. The lowest BCUT2D eigenvalue weighted by atomic mass is 10.0. The molecule has 0 spiro atoms. The first-order valence-corrected chi connectivity index (χ1v) is 9.95. The van der Waals surface area contributed by atoms with Crippen molar-refractivity contribution >= 4 is 29.1 Å². The van der Waals surface area contributed by atoms with E-state index in [1.54, 1.807) is 6.20 Å². The number of hydrogen-bond donors (Lipinski definition) is 1. The lowest BCUT2D eigenvalue weighted by Gasteiger charge is -2.06. The van der Waals surface area contributed by atoms with Gasteiger partial charge in [-0.15, -0.1) is 0 Å². The van der Waals surface area contributed by atoms with Gasteiger partial charge in [-0.3, -0.25) is 0 Å². The second-order valence-electron chi connectivity index (χ2n) is 6.98. The van der Waals surface area contributed by atoms with Gasteiger partial charge >= 0.3 is 0 Å². The van der Waals surface area contributed by atoms with Crippen molar-refractivity contribution < 1.29 is 4.52 Å². The van der Waals surface area contributed by atoms with E-state index in [0.717, 1.165) is 22.3 Å². The normalized spacial score (nSPS) is 11.5. The molecule has 4 aromatic rings. The van der Waals surface area contributed by atoms with E-state index in [9.17, 15) is 0 Å². The molecule has 5 nitrogen and oxygen atoms in total. The summed E-state index contributed by atoms with van der Waals surface area (Å²) in [5.74, 6) is 1.59. The Kier molecular flexibility index (Phi) is 5.63. The summed E-state index contributed by atoms with van der Waals surface area (Å²) in [5, 5.41) is 7.93. The average molecular weight is 417 g/mol. The third-order valence-electron chi connectivity index (χ3n) is 4.94. The Balaban J connectivity index is 1.82. The highest BCUT2D eigenvalue weighted by Gasteiger charge is 2.17. The number of aryl methyl sites for hydroxylation is 2. The topological polar surface area (TPSA) is 63.8 Å². The van der Waals surface area contributed by atoms with Gasteiger partial charge < -0.3 is 9.84 Å². The van der Waals surface area contributed by atoms with E-state index >= 15 is 0 Å². The maximum absolute atomic E-state index is 6.09. The molecule has 0 saturated heterocycles. The van der Waals surface area contributed by atoms with Gasteiger partial charge in [0.05, 0.1) is 5.56 Å². The van der Waals surface area contributed by atoms with Crippen molar-refractivity contribution in [2.24, 2.45) is 0 Å². The molecule has 4 rings (SSSR count). The summed E-state index contributed by atoms with van der Waals surface area (Å²) in [6.07, 6.45) is 3.77. The smallest absolute Gasteiger partial charge is 0.258 e. The fourth-order valence-electron chi connectivity index (χ4n) is 3.15. The molecule has 30 heavy (non-hydrogen) atoms. The van der Waals surface area contributed by atoms with Crippen LogP contribution in [-0.4, -0.2) is 22.2 Å². The molecule has 0 saturated carbocycles. The third kappa shape index (κ3) is 4.11. The fourth-order valence-corrected chi connectivity index (χ4v) is 3.27. The van der Waals surface area contributed by atoms with Gasteiger partial charge in [-0.25, -0.2) is 4.98 Å². The number of aromatic nitrogens is 3. The van der Waals surface area contributed by atoms with Gasteiger partial charge in [0.15, 0.2) is 0 Å². The van der Waals surface area contributed by atoms with E-state index in [0.29, 0.717) is 22.6 Å². The molecule has 0 radical (unpaired) electrons. The minimum absolute atomic E-state index is 0.427. The molecule has 0 amide bonds. The van der Waals surface area contributed by atoms with Crippen LogP contribution < -0.4 is 5.32 Å². The molecule has 0 fully saturated rings. The molecule has 2 heterocycles. The van der Waals surface area contributed by atoms with E-state index in [1.165, 1.54) is 11.1 Å². The second-order valence-corrected chi connectivity index (χ2v) is 7.42. The van der Waals surface area contributed by atoms with Crippen LogP contribution in [0.4, 0.5) is 5.82 Å². The van der Waals surface area contributed by atoms with Crippen molar-refractivity contribution in [3.63, 3.8) is 0 Å². The zero-order chi connectivity index (χ0) is 21.1. The zero-order valence-electron chi connectivity index (χ0n) is 17.0. The summed E-state index contributed by atoms with van der Waals surface area (Å²) in [6.45, 7) is 4.20. The zero-order valence-corrected chi connectivity index (χ0v) is 17.7. The molecular formula is C24H21ClN4O. The minimum atomic E-state index is 0.427. The van der Waals surface area contributed by atoms with Gasteiger partial charge in [0.2, 0.25) is 5.82 Å². The van der Waals surface area contributed by atoms with E-state index in [1.807, 2.05) is 43.4 Å². The summed E-state index contributed by atoms with van der Waals surface area (Å²) in [4.78, 5) is 8.98. The van der Waals surface area contributed by atoms with Crippen LogP contribution >= 0.6 is 11.6 Å². The average Bonchev–Trinajstić information content (AvgIpc) is 3.25. The van der Waals surface area contributed by atoms with Gasteiger partial charge in [-0.1, -0.05) is 47.1 Å². The number of anilines is 1. The Bertz CT molecular complexity index is 1210. The number of hydrogen-bond acceptors (Lipinski definition) is 5. The van der Waals surface area contributed by atoms with Crippen LogP contribution in [0.3, 0.4) is 0 Å². The third-order valence-corrected chi connectivity index (χ3v) is 5.19. The van der Waals surface area contributed by atoms with Crippen molar-refractivity contribution in [3.05, 3.63) is 94.0 Å². The Hall–Kier alpha value is -3.44. The lowest BCUT2D eigenvalue weighted by Crippen LogP contribution is -1.96. The van der Waals surface area contributed by atoms with E-state index in [4.69, 9.17) is 16.1 Å². The van der Waals surface area contributed by atoms with Crippen LogP contribution in [0, 0.1) is 13.8 Å². The van der Waals surface area contributed by atoms with Crippen molar-refractivity contribution in [1.82, 2.24) is 15.1 Å². The quantitative estimate of drug-likeness (QED) is 0.402. The summed E-state index contributed by atoms with van der Waals surface area (Å²) in [6, 6.07) is 17.7. The first-order chi connectivity index (χ1) is 14.5. The Morgan fingerprint density at radius 3 is 2.57 bits per heavy atom. The number of pyridine rings is 1. The molecule has 2 aromatic heterocycles. The first-order valence-electron chi connectivity index (χ1n) is 9.57. The molecular weight excluding hydrogens is 396 g/mol. The molecule has 0 unspecified atom stereocenters. The van der Waals surface area contributed by atoms with E-state index in [-0.39, 0.29) is 0 Å². The number of rotatable bonds is 5. The predicted octanol–water partition coefficient (Wildman–Crippen LogP) is 6.03. The van der Waals surface area contributed by atoms with E-state index in [2.05, 4.69) is 58.6 Å². The van der Waals surface area contributed by atoms with Crippen LogP contribution in [0.25, 0.3) is 23.0 Å². The van der Waals surface area contributed by atoms with Crippen molar-refractivity contribution in [1.29, 1.82) is 0 Å². The molecule has 0 aliphatic heterocycles. The highest BCUT2D eigenvalue weighted by atomic mass is 35.5. The Morgan fingerprint density at radius 2 is 1.83 bits per heavy atom. The van der Waals surface area contributed by atoms with Crippen LogP contribution in [0.15, 0.2) is 65.3 Å². The summed E-state index contributed by atoms with van der Waals surface area (Å²) in [7, 11) is 1.81. The Morgan fingerprint density at radius 1 is 1.03 bits per heavy atom. The monoisotopic (exact) mass is 416 g/mol. The number of benzene rings is 2. The maximum Gasteiger partial charge on any atom is 0.258 e. The molecule has 6 heteroatoms. The van der Waals surface area contributed by atoms with Crippen molar-refractivity contribution in [2.75, 3.05) is 12.4 Å². The van der Waals surface area contributed by atoms with Crippen molar-refractivity contribution in [2.45, 2.75) is 13.8 Å². The fraction of sp³-hybridized carbons (Fsp3) is 0.125. The number of nitrogens with zero attached hydrogens (tertiary/aromatic N) is 3. The minimum Gasteiger partial charge on any atom is -0.373 e. The molecule has 0 bridgehead atoms. The van der Waals surface area contributed by atoms with Crippen LogP contribution in [0.2, 0.25) is 5.02 Å². The SMILES string of the molecule is CNc1ncccc1-c1noc(/C(=C/c2ccc(C)c(C)c2)c2ccc(Cl)cc2)n1. The largest absolute Gasteiger partial charge is 0.373 e.